The second-order valence-corrected chi connectivity index (χ2v) is 5.72. The lowest BCUT2D eigenvalue weighted by Gasteiger charge is -2.31. The van der Waals surface area contributed by atoms with Crippen molar-refractivity contribution in [1.29, 1.82) is 0 Å². The van der Waals surface area contributed by atoms with E-state index in [-0.39, 0.29) is 17.8 Å². The summed E-state index contributed by atoms with van der Waals surface area (Å²) in [5.41, 5.74) is -0.567. The molecule has 1 aliphatic rings. The van der Waals surface area contributed by atoms with Gasteiger partial charge in [0, 0.05) is 11.0 Å². The lowest BCUT2D eigenvalue weighted by atomic mass is 9.96. The molecule has 2 unspecified atom stereocenters. The fourth-order valence-corrected chi connectivity index (χ4v) is 2.96. The SMILES string of the molecule is CNC(CSC(C)CO)(C(=O)OC)C1CC1. The topological polar surface area (TPSA) is 58.6 Å². The van der Waals surface area contributed by atoms with Gasteiger partial charge in [0.25, 0.3) is 0 Å². The molecule has 2 atom stereocenters. The van der Waals surface area contributed by atoms with E-state index in [4.69, 9.17) is 9.84 Å². The van der Waals surface area contributed by atoms with E-state index < -0.39 is 5.54 Å². The molecule has 94 valence electrons. The Labute approximate surface area is 101 Å². The summed E-state index contributed by atoms with van der Waals surface area (Å²) >= 11 is 1.61. The van der Waals surface area contributed by atoms with Crippen LogP contribution < -0.4 is 5.32 Å². The zero-order valence-corrected chi connectivity index (χ0v) is 11.0. The molecule has 0 bridgehead atoms. The zero-order chi connectivity index (χ0) is 12.2. The third-order valence-corrected chi connectivity index (χ3v) is 4.46. The Kier molecular flexibility index (Phi) is 5.08. The molecule has 2 N–H and O–H groups in total. The van der Waals surface area contributed by atoms with E-state index in [9.17, 15) is 4.79 Å². The van der Waals surface area contributed by atoms with E-state index in [1.807, 2.05) is 6.92 Å². The molecule has 0 aromatic heterocycles. The quantitative estimate of drug-likeness (QED) is 0.647. The molecule has 0 aliphatic heterocycles. The maximum Gasteiger partial charge on any atom is 0.327 e. The maximum atomic E-state index is 11.9. The van der Waals surface area contributed by atoms with Crippen molar-refractivity contribution < 1.29 is 14.6 Å². The van der Waals surface area contributed by atoms with E-state index >= 15 is 0 Å². The molecular formula is C11H21NO3S. The minimum absolute atomic E-state index is 0.135. The van der Waals surface area contributed by atoms with Gasteiger partial charge in [0.1, 0.15) is 5.54 Å². The Morgan fingerprint density at radius 2 is 2.31 bits per heavy atom. The Morgan fingerprint density at radius 3 is 2.69 bits per heavy atom. The van der Waals surface area contributed by atoms with E-state index in [1.165, 1.54) is 7.11 Å². The Bertz CT molecular complexity index is 245. The van der Waals surface area contributed by atoms with Gasteiger partial charge >= 0.3 is 5.97 Å². The molecule has 0 spiro atoms. The number of esters is 1. The summed E-state index contributed by atoms with van der Waals surface area (Å²) in [6.45, 7) is 2.09. The lowest BCUT2D eigenvalue weighted by molar-refractivity contribution is -0.148. The minimum atomic E-state index is -0.567. The van der Waals surface area contributed by atoms with Crippen LogP contribution >= 0.6 is 11.8 Å². The number of hydrogen-bond donors (Lipinski definition) is 2. The zero-order valence-electron chi connectivity index (χ0n) is 10.2. The van der Waals surface area contributed by atoms with Crippen LogP contribution in [0.3, 0.4) is 0 Å². The van der Waals surface area contributed by atoms with Gasteiger partial charge in [-0.25, -0.2) is 0 Å². The van der Waals surface area contributed by atoms with Gasteiger partial charge in [-0.2, -0.15) is 11.8 Å². The normalized spacial score (nSPS) is 21.2. The molecule has 1 rings (SSSR count). The number of rotatable bonds is 7. The monoisotopic (exact) mass is 247 g/mol. The van der Waals surface area contributed by atoms with Gasteiger partial charge in [-0.05, 0) is 25.8 Å². The summed E-state index contributed by atoms with van der Waals surface area (Å²) in [4.78, 5) is 11.9. The highest BCUT2D eigenvalue weighted by atomic mass is 32.2. The van der Waals surface area contributed by atoms with Gasteiger partial charge in [-0.15, -0.1) is 0 Å². The molecule has 16 heavy (non-hydrogen) atoms. The molecule has 0 radical (unpaired) electrons. The Hall–Kier alpha value is -0.260. The van der Waals surface area contributed by atoms with Crippen LogP contribution in [0.2, 0.25) is 0 Å². The fraction of sp³-hybridized carbons (Fsp3) is 0.909. The average Bonchev–Trinajstić information content (AvgIpc) is 3.14. The second kappa shape index (κ2) is 5.89. The van der Waals surface area contributed by atoms with Crippen molar-refractivity contribution in [3.8, 4) is 0 Å². The van der Waals surface area contributed by atoms with E-state index in [0.717, 1.165) is 12.8 Å². The number of carbonyl (C=O) groups excluding carboxylic acids is 1. The number of aliphatic hydroxyl groups excluding tert-OH is 1. The van der Waals surface area contributed by atoms with Crippen molar-refractivity contribution in [1.82, 2.24) is 5.32 Å². The van der Waals surface area contributed by atoms with Crippen LogP contribution in [0.15, 0.2) is 0 Å². The summed E-state index contributed by atoms with van der Waals surface area (Å²) in [6, 6.07) is 0. The van der Waals surface area contributed by atoms with Crippen LogP contribution in [-0.2, 0) is 9.53 Å². The number of nitrogens with one attached hydrogen (secondary N) is 1. The number of ether oxygens (including phenoxy) is 1. The minimum Gasteiger partial charge on any atom is -0.468 e. The number of thioether (sulfide) groups is 1. The first-order valence-corrected chi connectivity index (χ1v) is 6.65. The van der Waals surface area contributed by atoms with Crippen LogP contribution in [0, 0.1) is 5.92 Å². The summed E-state index contributed by atoms with van der Waals surface area (Å²) in [5, 5.41) is 12.3. The largest absolute Gasteiger partial charge is 0.468 e. The van der Waals surface area contributed by atoms with Gasteiger partial charge in [0.05, 0.1) is 13.7 Å². The van der Waals surface area contributed by atoms with Crippen LogP contribution in [-0.4, -0.2) is 48.4 Å². The first-order chi connectivity index (χ1) is 7.60. The van der Waals surface area contributed by atoms with Crippen molar-refractivity contribution in [2.45, 2.75) is 30.6 Å². The second-order valence-electron chi connectivity index (χ2n) is 4.29. The van der Waals surface area contributed by atoms with Gasteiger partial charge in [0.15, 0.2) is 0 Å². The van der Waals surface area contributed by atoms with E-state index in [0.29, 0.717) is 11.7 Å². The molecule has 0 amide bonds. The summed E-state index contributed by atoms with van der Waals surface area (Å²) < 4.78 is 4.90. The van der Waals surface area contributed by atoms with E-state index in [2.05, 4.69) is 5.32 Å². The smallest absolute Gasteiger partial charge is 0.327 e. The van der Waals surface area contributed by atoms with Crippen molar-refractivity contribution in [2.75, 3.05) is 26.5 Å². The fourth-order valence-electron chi connectivity index (χ4n) is 1.81. The van der Waals surface area contributed by atoms with Crippen molar-refractivity contribution >= 4 is 17.7 Å². The standard InChI is InChI=1S/C11H21NO3S/c1-8(6-13)16-7-11(12-2,9-4-5-9)10(14)15-3/h8-9,12-13H,4-7H2,1-3H3. The molecule has 0 aromatic carbocycles. The van der Waals surface area contributed by atoms with Gasteiger partial charge in [0.2, 0.25) is 0 Å². The molecule has 5 heteroatoms. The third kappa shape index (κ3) is 2.90. The van der Waals surface area contributed by atoms with Crippen LogP contribution in [0.4, 0.5) is 0 Å². The molecule has 0 heterocycles. The number of likely N-dealkylation sites (N-methyl/N-ethyl adjacent to an activating group) is 1. The lowest BCUT2D eigenvalue weighted by Crippen LogP contribution is -2.55. The highest BCUT2D eigenvalue weighted by Gasteiger charge is 2.50. The maximum absolute atomic E-state index is 11.9. The van der Waals surface area contributed by atoms with Crippen LogP contribution in [0.25, 0.3) is 0 Å². The molecule has 0 saturated heterocycles. The van der Waals surface area contributed by atoms with Gasteiger partial charge in [-0.1, -0.05) is 6.92 Å². The first-order valence-electron chi connectivity index (χ1n) is 5.60. The Morgan fingerprint density at radius 1 is 1.69 bits per heavy atom. The summed E-state index contributed by atoms with van der Waals surface area (Å²) in [7, 11) is 3.23. The van der Waals surface area contributed by atoms with Gasteiger partial charge < -0.3 is 15.2 Å². The molecule has 4 nitrogen and oxygen atoms in total. The first kappa shape index (κ1) is 13.8. The number of aliphatic hydroxyl groups is 1. The van der Waals surface area contributed by atoms with E-state index in [1.54, 1.807) is 18.8 Å². The highest BCUT2D eigenvalue weighted by molar-refractivity contribution is 8.00. The molecule has 1 saturated carbocycles. The van der Waals surface area contributed by atoms with Crippen molar-refractivity contribution in [3.63, 3.8) is 0 Å². The van der Waals surface area contributed by atoms with Crippen LogP contribution in [0.1, 0.15) is 19.8 Å². The number of hydrogen-bond acceptors (Lipinski definition) is 5. The number of methoxy groups -OCH3 is 1. The van der Waals surface area contributed by atoms with Crippen LogP contribution in [0.5, 0.6) is 0 Å². The highest BCUT2D eigenvalue weighted by Crippen LogP contribution is 2.42. The predicted octanol–water partition coefficient (Wildman–Crippen LogP) is 0.642. The van der Waals surface area contributed by atoms with Gasteiger partial charge in [-0.3, -0.25) is 4.79 Å². The Balaban J connectivity index is 2.65. The molecule has 1 fully saturated rings. The summed E-state index contributed by atoms with van der Waals surface area (Å²) in [5.74, 6) is 0.848. The van der Waals surface area contributed by atoms with Crippen molar-refractivity contribution in [3.05, 3.63) is 0 Å². The molecule has 0 aromatic rings. The number of carbonyl (C=O) groups is 1. The molecular weight excluding hydrogens is 226 g/mol. The average molecular weight is 247 g/mol. The third-order valence-electron chi connectivity index (χ3n) is 3.12. The predicted molar refractivity (Wildman–Crippen MR) is 65.5 cm³/mol. The summed E-state index contributed by atoms with van der Waals surface area (Å²) in [6.07, 6.45) is 2.15. The molecule has 1 aliphatic carbocycles. The van der Waals surface area contributed by atoms with Crippen molar-refractivity contribution in [2.24, 2.45) is 5.92 Å².